The number of rotatable bonds is 4. The van der Waals surface area contributed by atoms with E-state index in [9.17, 15) is 9.59 Å². The quantitative estimate of drug-likeness (QED) is 0.661. The maximum absolute atomic E-state index is 10.9. The summed E-state index contributed by atoms with van der Waals surface area (Å²) < 4.78 is 0. The molecule has 0 aliphatic carbocycles. The molecule has 20 heavy (non-hydrogen) atoms. The third-order valence-corrected chi connectivity index (χ3v) is 2.60. The second-order valence-corrected chi connectivity index (χ2v) is 4.03. The second-order valence-electron chi connectivity index (χ2n) is 4.03. The van der Waals surface area contributed by atoms with Gasteiger partial charge in [-0.1, -0.05) is 0 Å². The minimum atomic E-state index is -1.10. The molecule has 2 aromatic rings. The molecule has 7 nitrogen and oxygen atoms in total. The average molecular weight is 272 g/mol. The van der Waals surface area contributed by atoms with E-state index in [1.54, 1.807) is 24.3 Å². The van der Waals surface area contributed by atoms with Gasteiger partial charge in [-0.3, -0.25) is 4.79 Å². The van der Waals surface area contributed by atoms with Gasteiger partial charge in [0.25, 0.3) is 0 Å². The van der Waals surface area contributed by atoms with E-state index in [0.29, 0.717) is 17.1 Å². The van der Waals surface area contributed by atoms with Crippen LogP contribution in [0.5, 0.6) is 0 Å². The number of carboxylic acid groups (broad SMARTS) is 1. The molecule has 0 saturated heterocycles. The van der Waals surface area contributed by atoms with Crippen molar-refractivity contribution in [3.63, 3.8) is 0 Å². The van der Waals surface area contributed by atoms with Crippen LogP contribution in [0.3, 0.4) is 0 Å². The first-order valence-electron chi connectivity index (χ1n) is 5.63. The number of nitrogen functional groups attached to an aromatic ring is 1. The van der Waals surface area contributed by atoms with Gasteiger partial charge in [0.05, 0.1) is 11.3 Å². The number of primary amides is 1. The van der Waals surface area contributed by atoms with Gasteiger partial charge in [0.2, 0.25) is 5.91 Å². The number of benzene rings is 1. The SMILES string of the molecule is NC(=O)c1ccc(Nc2ncc(C(=O)O)cc2N)cc1. The normalized spacial score (nSPS) is 10.0. The van der Waals surface area contributed by atoms with Crippen LogP contribution >= 0.6 is 0 Å². The Kier molecular flexibility index (Phi) is 3.52. The van der Waals surface area contributed by atoms with Crippen LogP contribution in [0.2, 0.25) is 0 Å². The first kappa shape index (κ1) is 13.3. The predicted octanol–water partition coefficient (Wildman–Crippen LogP) is 1.20. The van der Waals surface area contributed by atoms with Gasteiger partial charge in [0, 0.05) is 17.4 Å². The zero-order valence-electron chi connectivity index (χ0n) is 10.3. The van der Waals surface area contributed by atoms with Crippen LogP contribution in [-0.4, -0.2) is 22.0 Å². The van der Waals surface area contributed by atoms with E-state index in [-0.39, 0.29) is 11.3 Å². The first-order valence-corrected chi connectivity index (χ1v) is 5.63. The molecule has 2 rings (SSSR count). The molecule has 1 heterocycles. The highest BCUT2D eigenvalue weighted by atomic mass is 16.4. The minimum Gasteiger partial charge on any atom is -0.478 e. The van der Waals surface area contributed by atoms with Crippen LogP contribution in [0.15, 0.2) is 36.5 Å². The molecule has 0 spiro atoms. The van der Waals surface area contributed by atoms with Crippen molar-refractivity contribution in [2.45, 2.75) is 0 Å². The summed E-state index contributed by atoms with van der Waals surface area (Å²) in [6.07, 6.45) is 1.21. The van der Waals surface area contributed by atoms with Gasteiger partial charge < -0.3 is 21.9 Å². The lowest BCUT2D eigenvalue weighted by atomic mass is 10.2. The smallest absolute Gasteiger partial charge is 0.337 e. The molecule has 0 aliphatic rings. The standard InChI is InChI=1S/C13H12N4O3/c14-10-5-8(13(19)20)6-16-12(10)17-9-3-1-7(2-4-9)11(15)18/h1-6H,14H2,(H2,15,18)(H,16,17)(H,19,20). The zero-order chi connectivity index (χ0) is 14.7. The van der Waals surface area contributed by atoms with Crippen molar-refractivity contribution >= 4 is 29.1 Å². The fourth-order valence-corrected chi connectivity index (χ4v) is 1.56. The lowest BCUT2D eigenvalue weighted by molar-refractivity contribution is 0.0696. The second kappa shape index (κ2) is 5.27. The third kappa shape index (κ3) is 2.83. The molecule has 6 N–H and O–H groups in total. The number of carbonyl (C=O) groups excluding carboxylic acids is 1. The Morgan fingerprint density at radius 1 is 1.15 bits per heavy atom. The Morgan fingerprint density at radius 3 is 2.30 bits per heavy atom. The van der Waals surface area contributed by atoms with E-state index in [1.807, 2.05) is 0 Å². The summed E-state index contributed by atoms with van der Waals surface area (Å²) in [7, 11) is 0. The number of aromatic carboxylic acids is 1. The summed E-state index contributed by atoms with van der Waals surface area (Å²) in [4.78, 5) is 25.6. The predicted molar refractivity (Wildman–Crippen MR) is 73.9 cm³/mol. The molecule has 0 saturated carbocycles. The van der Waals surface area contributed by atoms with Crippen LogP contribution < -0.4 is 16.8 Å². The topological polar surface area (TPSA) is 131 Å². The number of pyridine rings is 1. The largest absolute Gasteiger partial charge is 0.478 e. The van der Waals surface area contributed by atoms with Crippen LogP contribution in [0.25, 0.3) is 0 Å². The lowest BCUT2D eigenvalue weighted by Gasteiger charge is -2.09. The highest BCUT2D eigenvalue weighted by molar-refractivity contribution is 5.93. The van der Waals surface area contributed by atoms with E-state index >= 15 is 0 Å². The van der Waals surface area contributed by atoms with E-state index in [2.05, 4.69) is 10.3 Å². The molecule has 0 atom stereocenters. The first-order chi connectivity index (χ1) is 9.47. The van der Waals surface area contributed by atoms with Crippen molar-refractivity contribution in [2.24, 2.45) is 5.73 Å². The number of hydrogen-bond donors (Lipinski definition) is 4. The summed E-state index contributed by atoms with van der Waals surface area (Å²) in [5, 5.41) is 11.7. The van der Waals surface area contributed by atoms with Crippen molar-refractivity contribution < 1.29 is 14.7 Å². The molecule has 0 radical (unpaired) electrons. The van der Waals surface area contributed by atoms with Gasteiger partial charge in [-0.2, -0.15) is 0 Å². The number of anilines is 3. The molecule has 1 aromatic heterocycles. The number of amides is 1. The van der Waals surface area contributed by atoms with Gasteiger partial charge in [-0.05, 0) is 30.3 Å². The Bertz CT molecular complexity index is 668. The molecule has 1 aromatic carbocycles. The number of hydrogen-bond acceptors (Lipinski definition) is 5. The van der Waals surface area contributed by atoms with Crippen molar-refractivity contribution in [1.82, 2.24) is 4.98 Å². The fraction of sp³-hybridized carbons (Fsp3) is 0. The maximum Gasteiger partial charge on any atom is 0.337 e. The maximum atomic E-state index is 10.9. The van der Waals surface area contributed by atoms with Crippen molar-refractivity contribution in [2.75, 3.05) is 11.1 Å². The van der Waals surface area contributed by atoms with E-state index < -0.39 is 11.9 Å². The molecule has 7 heteroatoms. The zero-order valence-corrected chi connectivity index (χ0v) is 10.3. The molecule has 0 unspecified atom stereocenters. The van der Waals surface area contributed by atoms with Crippen LogP contribution in [0.4, 0.5) is 17.2 Å². The van der Waals surface area contributed by atoms with Crippen molar-refractivity contribution in [3.8, 4) is 0 Å². The number of nitrogens with one attached hydrogen (secondary N) is 1. The minimum absolute atomic E-state index is 0.0112. The Morgan fingerprint density at radius 2 is 1.80 bits per heavy atom. The lowest BCUT2D eigenvalue weighted by Crippen LogP contribution is -2.10. The third-order valence-electron chi connectivity index (χ3n) is 2.60. The summed E-state index contributed by atoms with van der Waals surface area (Å²) in [6, 6.07) is 7.73. The molecule has 0 aliphatic heterocycles. The van der Waals surface area contributed by atoms with Crippen LogP contribution in [0.1, 0.15) is 20.7 Å². The average Bonchev–Trinajstić information content (AvgIpc) is 2.41. The summed E-state index contributed by atoms with van der Waals surface area (Å²) in [5.74, 6) is -1.27. The molecule has 1 amide bonds. The van der Waals surface area contributed by atoms with Gasteiger partial charge in [0.15, 0.2) is 5.82 Å². The Balaban J connectivity index is 2.21. The van der Waals surface area contributed by atoms with E-state index in [0.717, 1.165) is 0 Å². The van der Waals surface area contributed by atoms with E-state index in [4.69, 9.17) is 16.6 Å². The fourth-order valence-electron chi connectivity index (χ4n) is 1.56. The molecular weight excluding hydrogens is 260 g/mol. The molecular formula is C13H12N4O3. The number of carbonyl (C=O) groups is 2. The van der Waals surface area contributed by atoms with Crippen LogP contribution in [0, 0.1) is 0 Å². The molecule has 102 valence electrons. The van der Waals surface area contributed by atoms with Gasteiger partial charge in [-0.15, -0.1) is 0 Å². The highest BCUT2D eigenvalue weighted by Crippen LogP contribution is 2.21. The summed E-state index contributed by atoms with van der Waals surface area (Å²) in [6.45, 7) is 0. The molecule has 0 bridgehead atoms. The van der Waals surface area contributed by atoms with Gasteiger partial charge >= 0.3 is 5.97 Å². The number of nitrogens with zero attached hydrogens (tertiary/aromatic N) is 1. The van der Waals surface area contributed by atoms with E-state index in [1.165, 1.54) is 12.3 Å². The summed E-state index contributed by atoms with van der Waals surface area (Å²) in [5.41, 5.74) is 12.1. The highest BCUT2D eigenvalue weighted by Gasteiger charge is 2.08. The number of carboxylic acids is 1. The number of aromatic nitrogens is 1. The van der Waals surface area contributed by atoms with Crippen molar-refractivity contribution in [1.29, 1.82) is 0 Å². The Hall–Kier alpha value is -3.09. The van der Waals surface area contributed by atoms with Gasteiger partial charge in [-0.25, -0.2) is 9.78 Å². The Labute approximate surface area is 114 Å². The molecule has 0 fully saturated rings. The summed E-state index contributed by atoms with van der Waals surface area (Å²) >= 11 is 0. The van der Waals surface area contributed by atoms with Crippen LogP contribution in [-0.2, 0) is 0 Å². The monoisotopic (exact) mass is 272 g/mol. The number of nitrogens with two attached hydrogens (primary N) is 2. The van der Waals surface area contributed by atoms with Gasteiger partial charge in [0.1, 0.15) is 0 Å². The van der Waals surface area contributed by atoms with Crippen molar-refractivity contribution in [3.05, 3.63) is 47.7 Å².